The molecule has 3 rings (SSSR count). The van der Waals surface area contributed by atoms with Gasteiger partial charge >= 0.3 is 0 Å². The van der Waals surface area contributed by atoms with Crippen molar-refractivity contribution in [2.45, 2.75) is 19.4 Å². The van der Waals surface area contributed by atoms with E-state index < -0.39 is 0 Å². The van der Waals surface area contributed by atoms with Crippen LogP contribution in [0.5, 0.6) is 0 Å². The van der Waals surface area contributed by atoms with E-state index in [1.807, 2.05) is 43.3 Å². The molecular formula is C16H15ClN2O. The lowest BCUT2D eigenvalue weighted by Gasteiger charge is -2.06. The lowest BCUT2D eigenvalue weighted by atomic mass is 10.1. The van der Waals surface area contributed by atoms with Gasteiger partial charge in [-0.3, -0.25) is 0 Å². The van der Waals surface area contributed by atoms with E-state index in [1.165, 1.54) is 0 Å². The minimum atomic E-state index is -0.261. The van der Waals surface area contributed by atoms with Crippen LogP contribution in [0, 0.1) is 6.92 Å². The Morgan fingerprint density at radius 3 is 2.75 bits per heavy atom. The Balaban J connectivity index is 1.92. The number of halogens is 1. The smallest absolute Gasteiger partial charge is 0.212 e. The molecule has 4 heteroatoms. The molecule has 1 aromatic heterocycles. The normalized spacial score (nSPS) is 12.8. The largest absolute Gasteiger partial charge is 0.439 e. The van der Waals surface area contributed by atoms with Crippen molar-refractivity contribution in [1.82, 2.24) is 4.98 Å². The fraction of sp³-hybridized carbons (Fsp3) is 0.188. The zero-order valence-electron chi connectivity index (χ0n) is 11.1. The summed E-state index contributed by atoms with van der Waals surface area (Å²) in [5, 5.41) is 0.659. The van der Waals surface area contributed by atoms with Gasteiger partial charge in [0.2, 0.25) is 5.89 Å². The quantitative estimate of drug-likeness (QED) is 0.791. The molecule has 0 fully saturated rings. The molecule has 1 atom stereocenters. The average molecular weight is 287 g/mol. The van der Waals surface area contributed by atoms with Crippen molar-refractivity contribution in [2.75, 3.05) is 0 Å². The van der Waals surface area contributed by atoms with Crippen molar-refractivity contribution in [2.24, 2.45) is 5.73 Å². The molecule has 1 heterocycles. The highest BCUT2D eigenvalue weighted by atomic mass is 35.5. The Hall–Kier alpha value is -1.84. The monoisotopic (exact) mass is 286 g/mol. The van der Waals surface area contributed by atoms with Crippen LogP contribution in [0.15, 0.2) is 46.9 Å². The molecule has 0 aliphatic heterocycles. The first-order chi connectivity index (χ1) is 9.63. The van der Waals surface area contributed by atoms with E-state index in [4.69, 9.17) is 21.8 Å². The molecule has 0 aliphatic carbocycles. The third kappa shape index (κ3) is 2.55. The highest BCUT2D eigenvalue weighted by Crippen LogP contribution is 2.26. The van der Waals surface area contributed by atoms with Gasteiger partial charge in [-0.05, 0) is 36.6 Å². The van der Waals surface area contributed by atoms with E-state index >= 15 is 0 Å². The number of aromatic nitrogens is 1. The second-order valence-electron chi connectivity index (χ2n) is 4.92. The Bertz CT molecular complexity index is 737. The van der Waals surface area contributed by atoms with Gasteiger partial charge in [-0.25, -0.2) is 4.98 Å². The summed E-state index contributed by atoms with van der Waals surface area (Å²) in [6, 6.07) is 13.5. The minimum Gasteiger partial charge on any atom is -0.439 e. The van der Waals surface area contributed by atoms with Crippen molar-refractivity contribution in [3.05, 3.63) is 64.5 Å². The zero-order chi connectivity index (χ0) is 14.1. The molecule has 0 amide bonds. The van der Waals surface area contributed by atoms with Crippen molar-refractivity contribution < 1.29 is 4.42 Å². The number of nitrogens with zero attached hydrogens (tertiary/aromatic N) is 1. The number of rotatable bonds is 3. The van der Waals surface area contributed by atoms with Gasteiger partial charge in [0.1, 0.15) is 5.52 Å². The number of fused-ring (bicyclic) bond motifs is 1. The first-order valence-electron chi connectivity index (χ1n) is 6.49. The van der Waals surface area contributed by atoms with Crippen LogP contribution in [0.4, 0.5) is 0 Å². The minimum absolute atomic E-state index is 0.261. The second-order valence-corrected chi connectivity index (χ2v) is 5.36. The van der Waals surface area contributed by atoms with Crippen LogP contribution in [0.2, 0.25) is 5.02 Å². The molecule has 20 heavy (non-hydrogen) atoms. The summed E-state index contributed by atoms with van der Waals surface area (Å²) < 4.78 is 5.79. The van der Waals surface area contributed by atoms with E-state index in [0.29, 0.717) is 17.3 Å². The molecule has 0 radical (unpaired) electrons. The van der Waals surface area contributed by atoms with Crippen molar-refractivity contribution in [3.63, 3.8) is 0 Å². The number of nitrogens with two attached hydrogens (primary N) is 1. The molecule has 0 bridgehead atoms. The van der Waals surface area contributed by atoms with Gasteiger partial charge in [-0.15, -0.1) is 0 Å². The lowest BCUT2D eigenvalue weighted by molar-refractivity contribution is 0.473. The molecular weight excluding hydrogens is 272 g/mol. The molecule has 0 spiro atoms. The molecule has 0 aliphatic rings. The summed E-state index contributed by atoms with van der Waals surface area (Å²) in [5.74, 6) is 0.550. The fourth-order valence-corrected chi connectivity index (χ4v) is 2.56. The SMILES string of the molecule is Cc1cc(Cl)cc2nc(C(N)Cc3ccccc3)oc12. The van der Waals surface area contributed by atoms with Gasteiger partial charge in [0.05, 0.1) is 6.04 Å². The van der Waals surface area contributed by atoms with E-state index in [2.05, 4.69) is 4.98 Å². The van der Waals surface area contributed by atoms with Gasteiger partial charge in [0.15, 0.2) is 5.58 Å². The van der Waals surface area contributed by atoms with Crippen LogP contribution < -0.4 is 5.73 Å². The van der Waals surface area contributed by atoms with Crippen molar-refractivity contribution >= 4 is 22.7 Å². The highest BCUT2D eigenvalue weighted by Gasteiger charge is 2.16. The molecule has 0 saturated heterocycles. The Kier molecular flexibility index (Phi) is 3.47. The van der Waals surface area contributed by atoms with Gasteiger partial charge in [-0.2, -0.15) is 0 Å². The van der Waals surface area contributed by atoms with Crippen LogP contribution in [0.1, 0.15) is 23.1 Å². The Morgan fingerprint density at radius 2 is 2.00 bits per heavy atom. The molecule has 1 unspecified atom stereocenters. The van der Waals surface area contributed by atoms with Crippen LogP contribution >= 0.6 is 11.6 Å². The number of hydrogen-bond acceptors (Lipinski definition) is 3. The predicted molar refractivity (Wildman–Crippen MR) is 80.8 cm³/mol. The Labute approximate surface area is 122 Å². The molecule has 102 valence electrons. The van der Waals surface area contributed by atoms with Gasteiger partial charge in [0, 0.05) is 5.02 Å². The fourth-order valence-electron chi connectivity index (χ4n) is 2.29. The Morgan fingerprint density at radius 1 is 1.25 bits per heavy atom. The number of aryl methyl sites for hydroxylation is 1. The van der Waals surface area contributed by atoms with Crippen LogP contribution in [0.25, 0.3) is 11.1 Å². The average Bonchev–Trinajstić information content (AvgIpc) is 2.84. The van der Waals surface area contributed by atoms with Crippen molar-refractivity contribution in [1.29, 1.82) is 0 Å². The lowest BCUT2D eigenvalue weighted by Crippen LogP contribution is -2.13. The van der Waals surface area contributed by atoms with Crippen molar-refractivity contribution in [3.8, 4) is 0 Å². The van der Waals surface area contributed by atoms with Gasteiger partial charge in [0.25, 0.3) is 0 Å². The molecule has 2 N–H and O–H groups in total. The molecule has 3 aromatic rings. The summed E-state index contributed by atoms with van der Waals surface area (Å²) in [6.07, 6.45) is 0.695. The topological polar surface area (TPSA) is 52.0 Å². The maximum absolute atomic E-state index is 6.19. The number of hydrogen-bond donors (Lipinski definition) is 1. The molecule has 2 aromatic carbocycles. The predicted octanol–water partition coefficient (Wildman–Crippen LogP) is 4.03. The number of oxazole rings is 1. The second kappa shape index (κ2) is 5.27. The van der Waals surface area contributed by atoms with Crippen LogP contribution in [0.3, 0.4) is 0 Å². The van der Waals surface area contributed by atoms with Gasteiger partial charge < -0.3 is 10.2 Å². The van der Waals surface area contributed by atoms with E-state index in [0.717, 1.165) is 22.2 Å². The highest BCUT2D eigenvalue weighted by molar-refractivity contribution is 6.31. The first kappa shape index (κ1) is 13.2. The van der Waals surface area contributed by atoms with Gasteiger partial charge in [-0.1, -0.05) is 41.9 Å². The summed E-state index contributed by atoms with van der Waals surface area (Å²) >= 11 is 6.03. The third-order valence-corrected chi connectivity index (χ3v) is 3.49. The van der Waals surface area contributed by atoms with Crippen LogP contribution in [-0.4, -0.2) is 4.98 Å². The van der Waals surface area contributed by atoms with E-state index in [1.54, 1.807) is 6.07 Å². The van der Waals surface area contributed by atoms with E-state index in [-0.39, 0.29) is 6.04 Å². The molecule has 3 nitrogen and oxygen atoms in total. The molecule has 0 saturated carbocycles. The summed E-state index contributed by atoms with van der Waals surface area (Å²) in [6.45, 7) is 1.95. The maximum atomic E-state index is 6.19. The van der Waals surface area contributed by atoms with E-state index in [9.17, 15) is 0 Å². The summed E-state index contributed by atoms with van der Waals surface area (Å²) in [4.78, 5) is 4.45. The third-order valence-electron chi connectivity index (χ3n) is 3.27. The van der Waals surface area contributed by atoms with Crippen LogP contribution in [-0.2, 0) is 6.42 Å². The maximum Gasteiger partial charge on any atom is 0.212 e. The first-order valence-corrected chi connectivity index (χ1v) is 6.87. The standard InChI is InChI=1S/C16H15ClN2O/c1-10-7-12(17)9-14-15(10)20-16(19-14)13(18)8-11-5-3-2-4-6-11/h2-7,9,13H,8,18H2,1H3. The summed E-state index contributed by atoms with van der Waals surface area (Å²) in [7, 11) is 0. The summed E-state index contributed by atoms with van der Waals surface area (Å²) in [5.41, 5.74) is 9.84. The zero-order valence-corrected chi connectivity index (χ0v) is 11.9. The number of benzene rings is 2.